The van der Waals surface area contributed by atoms with Gasteiger partial charge in [0.25, 0.3) is 0 Å². The van der Waals surface area contributed by atoms with Crippen molar-refractivity contribution in [2.24, 2.45) is 0 Å². The van der Waals surface area contributed by atoms with E-state index in [2.05, 4.69) is 4.98 Å². The zero-order chi connectivity index (χ0) is 9.97. The van der Waals surface area contributed by atoms with Crippen LogP contribution in [0, 0.1) is 0 Å². The van der Waals surface area contributed by atoms with E-state index in [1.165, 1.54) is 0 Å². The van der Waals surface area contributed by atoms with Gasteiger partial charge in [0.15, 0.2) is 0 Å². The van der Waals surface area contributed by atoms with E-state index in [1.54, 1.807) is 18.3 Å². The van der Waals surface area contributed by atoms with E-state index in [4.69, 9.17) is 11.5 Å². The fourth-order valence-electron chi connectivity index (χ4n) is 1.32. The fraction of sp³-hybridized carbons (Fsp3) is 0. The number of aromatic nitrogens is 1. The zero-order valence-corrected chi connectivity index (χ0v) is 7.64. The Morgan fingerprint density at radius 3 is 2.57 bits per heavy atom. The second kappa shape index (κ2) is 3.38. The maximum Gasteiger partial charge on any atom is 0.0723 e. The van der Waals surface area contributed by atoms with Crippen molar-refractivity contribution in [2.75, 3.05) is 11.5 Å². The summed E-state index contributed by atoms with van der Waals surface area (Å²) in [6.45, 7) is 0. The second-order valence-corrected chi connectivity index (χ2v) is 3.06. The molecule has 0 amide bonds. The minimum Gasteiger partial charge on any atom is -0.399 e. The lowest BCUT2D eigenvalue weighted by molar-refractivity contribution is 1.33. The third-order valence-corrected chi connectivity index (χ3v) is 2.02. The molecular formula is C11H11N3. The lowest BCUT2D eigenvalue weighted by Crippen LogP contribution is -1.93. The van der Waals surface area contributed by atoms with Gasteiger partial charge in [-0.05, 0) is 30.3 Å². The summed E-state index contributed by atoms with van der Waals surface area (Å²) in [5, 5.41) is 0. The van der Waals surface area contributed by atoms with E-state index in [-0.39, 0.29) is 0 Å². The number of anilines is 2. The highest BCUT2D eigenvalue weighted by molar-refractivity contribution is 5.76. The Labute approximate surface area is 82.4 Å². The Bertz CT molecular complexity index is 438. The fourth-order valence-corrected chi connectivity index (χ4v) is 1.32. The molecule has 70 valence electrons. The van der Waals surface area contributed by atoms with E-state index >= 15 is 0 Å². The monoisotopic (exact) mass is 185 g/mol. The molecule has 0 fully saturated rings. The van der Waals surface area contributed by atoms with Gasteiger partial charge in [0, 0.05) is 23.1 Å². The summed E-state index contributed by atoms with van der Waals surface area (Å²) >= 11 is 0. The predicted octanol–water partition coefficient (Wildman–Crippen LogP) is 1.91. The van der Waals surface area contributed by atoms with Crippen LogP contribution in [0.25, 0.3) is 11.3 Å². The van der Waals surface area contributed by atoms with Gasteiger partial charge in [-0.3, -0.25) is 4.98 Å². The van der Waals surface area contributed by atoms with Crippen LogP contribution in [-0.4, -0.2) is 4.98 Å². The summed E-state index contributed by atoms with van der Waals surface area (Å²) in [5.41, 5.74) is 14.6. The zero-order valence-electron chi connectivity index (χ0n) is 7.64. The molecule has 14 heavy (non-hydrogen) atoms. The minimum absolute atomic E-state index is 0.693. The van der Waals surface area contributed by atoms with Crippen LogP contribution in [0.2, 0.25) is 0 Å². The number of hydrogen-bond acceptors (Lipinski definition) is 3. The van der Waals surface area contributed by atoms with Gasteiger partial charge < -0.3 is 11.5 Å². The number of nitrogens with two attached hydrogens (primary N) is 2. The van der Waals surface area contributed by atoms with Crippen LogP contribution in [0.1, 0.15) is 0 Å². The van der Waals surface area contributed by atoms with Gasteiger partial charge in [-0.25, -0.2) is 0 Å². The molecule has 0 aliphatic heterocycles. The Balaban J connectivity index is 2.57. The molecule has 3 nitrogen and oxygen atoms in total. The van der Waals surface area contributed by atoms with Gasteiger partial charge in [-0.15, -0.1) is 0 Å². The molecule has 4 N–H and O–H groups in total. The van der Waals surface area contributed by atoms with Crippen LogP contribution in [0.3, 0.4) is 0 Å². The predicted molar refractivity (Wildman–Crippen MR) is 58.5 cm³/mol. The molecule has 0 atom stereocenters. The summed E-state index contributed by atoms with van der Waals surface area (Å²) in [7, 11) is 0. The SMILES string of the molecule is Nc1ccc(N)c(-c2ccccn2)c1. The van der Waals surface area contributed by atoms with Crippen LogP contribution >= 0.6 is 0 Å². The van der Waals surface area contributed by atoms with Gasteiger partial charge in [0.1, 0.15) is 0 Å². The summed E-state index contributed by atoms with van der Waals surface area (Å²) in [4.78, 5) is 4.22. The average Bonchev–Trinajstić information content (AvgIpc) is 2.23. The molecular weight excluding hydrogens is 174 g/mol. The van der Waals surface area contributed by atoms with Crippen molar-refractivity contribution in [3.05, 3.63) is 42.6 Å². The molecule has 0 unspecified atom stereocenters. The van der Waals surface area contributed by atoms with Crippen LogP contribution < -0.4 is 11.5 Å². The molecule has 1 aromatic heterocycles. The lowest BCUT2D eigenvalue weighted by atomic mass is 10.1. The van der Waals surface area contributed by atoms with Crippen LogP contribution in [0.15, 0.2) is 42.6 Å². The Hall–Kier alpha value is -2.03. The molecule has 0 spiro atoms. The van der Waals surface area contributed by atoms with Crippen LogP contribution in [0.4, 0.5) is 11.4 Å². The van der Waals surface area contributed by atoms with Crippen molar-refractivity contribution in [2.45, 2.75) is 0 Å². The van der Waals surface area contributed by atoms with E-state index < -0.39 is 0 Å². The third-order valence-electron chi connectivity index (χ3n) is 2.02. The van der Waals surface area contributed by atoms with Gasteiger partial charge in [0.05, 0.1) is 5.69 Å². The van der Waals surface area contributed by atoms with Crippen molar-refractivity contribution >= 4 is 11.4 Å². The maximum absolute atomic E-state index is 5.83. The highest BCUT2D eigenvalue weighted by Crippen LogP contribution is 2.25. The molecule has 0 saturated heterocycles. The van der Waals surface area contributed by atoms with Crippen molar-refractivity contribution in [3.63, 3.8) is 0 Å². The molecule has 0 saturated carbocycles. The average molecular weight is 185 g/mol. The largest absolute Gasteiger partial charge is 0.399 e. The summed E-state index contributed by atoms with van der Waals surface area (Å²) < 4.78 is 0. The number of pyridine rings is 1. The van der Waals surface area contributed by atoms with Crippen LogP contribution in [-0.2, 0) is 0 Å². The first-order valence-electron chi connectivity index (χ1n) is 4.34. The second-order valence-electron chi connectivity index (χ2n) is 3.06. The molecule has 0 radical (unpaired) electrons. The van der Waals surface area contributed by atoms with Crippen molar-refractivity contribution < 1.29 is 0 Å². The molecule has 1 aromatic carbocycles. The maximum atomic E-state index is 5.83. The van der Waals surface area contributed by atoms with Crippen LogP contribution in [0.5, 0.6) is 0 Å². The van der Waals surface area contributed by atoms with E-state index in [0.717, 1.165) is 11.3 Å². The van der Waals surface area contributed by atoms with Gasteiger partial charge >= 0.3 is 0 Å². The topological polar surface area (TPSA) is 64.9 Å². The first-order chi connectivity index (χ1) is 6.77. The number of rotatable bonds is 1. The first-order valence-corrected chi connectivity index (χ1v) is 4.34. The number of benzene rings is 1. The van der Waals surface area contributed by atoms with Crippen molar-refractivity contribution in [3.8, 4) is 11.3 Å². The Morgan fingerprint density at radius 2 is 1.86 bits per heavy atom. The Morgan fingerprint density at radius 1 is 1.00 bits per heavy atom. The molecule has 2 rings (SSSR count). The lowest BCUT2D eigenvalue weighted by Gasteiger charge is -2.05. The molecule has 3 heteroatoms. The normalized spacial score (nSPS) is 10.0. The first kappa shape index (κ1) is 8.56. The molecule has 0 bridgehead atoms. The van der Waals surface area contributed by atoms with E-state index in [9.17, 15) is 0 Å². The highest BCUT2D eigenvalue weighted by atomic mass is 14.7. The quantitative estimate of drug-likeness (QED) is 0.667. The molecule has 0 aliphatic rings. The minimum atomic E-state index is 0.693. The van der Waals surface area contributed by atoms with Gasteiger partial charge in [-0.1, -0.05) is 6.07 Å². The van der Waals surface area contributed by atoms with Crippen molar-refractivity contribution in [1.82, 2.24) is 4.98 Å². The summed E-state index contributed by atoms with van der Waals surface area (Å²) in [6.07, 6.45) is 1.73. The number of nitrogens with zero attached hydrogens (tertiary/aromatic N) is 1. The van der Waals surface area contributed by atoms with Gasteiger partial charge in [0.2, 0.25) is 0 Å². The molecule has 1 heterocycles. The summed E-state index contributed by atoms with van der Waals surface area (Å²) in [6, 6.07) is 11.1. The van der Waals surface area contributed by atoms with E-state index in [0.29, 0.717) is 11.4 Å². The number of hydrogen-bond donors (Lipinski definition) is 2. The highest BCUT2D eigenvalue weighted by Gasteiger charge is 2.02. The smallest absolute Gasteiger partial charge is 0.0723 e. The van der Waals surface area contributed by atoms with E-state index in [1.807, 2.05) is 24.3 Å². The standard InChI is InChI=1S/C11H11N3/c12-8-4-5-10(13)9(7-8)11-3-1-2-6-14-11/h1-7H,12-13H2. The molecule has 2 aromatic rings. The summed E-state index contributed by atoms with van der Waals surface area (Å²) in [5.74, 6) is 0. The third kappa shape index (κ3) is 1.52. The number of nitrogen functional groups attached to an aromatic ring is 2. The Kier molecular flexibility index (Phi) is 2.07. The van der Waals surface area contributed by atoms with Crippen molar-refractivity contribution in [1.29, 1.82) is 0 Å². The molecule has 0 aliphatic carbocycles. The van der Waals surface area contributed by atoms with Gasteiger partial charge in [-0.2, -0.15) is 0 Å².